The Hall–Kier alpha value is -0.860. The highest BCUT2D eigenvalue weighted by molar-refractivity contribution is 4.98. The minimum Gasteiger partial charge on any atom is -0.295 e. The van der Waals surface area contributed by atoms with Gasteiger partial charge in [-0.15, -0.1) is 6.58 Å². The lowest BCUT2D eigenvalue weighted by atomic mass is 9.68. The van der Waals surface area contributed by atoms with Crippen LogP contribution in [0.3, 0.4) is 0 Å². The molecule has 0 aromatic rings. The molecule has 0 rings (SSSR count). The zero-order chi connectivity index (χ0) is 12.8. The first-order valence-corrected chi connectivity index (χ1v) is 6.10. The molecule has 3 atom stereocenters. The van der Waals surface area contributed by atoms with Crippen LogP contribution in [0, 0.1) is 17.3 Å². The summed E-state index contributed by atoms with van der Waals surface area (Å²) in [7, 11) is 1.76. The largest absolute Gasteiger partial charge is 0.295 e. The molecule has 0 aliphatic heterocycles. The molecule has 16 heavy (non-hydrogen) atoms. The minimum atomic E-state index is 0.0592. The fourth-order valence-corrected chi connectivity index (χ4v) is 1.98. The van der Waals surface area contributed by atoms with Gasteiger partial charge < -0.3 is 0 Å². The average Bonchev–Trinajstić information content (AvgIpc) is 2.27. The first-order chi connectivity index (χ1) is 7.41. The molecule has 3 unspecified atom stereocenters. The van der Waals surface area contributed by atoms with Crippen molar-refractivity contribution in [1.82, 2.24) is 5.43 Å². The molecule has 3 nitrogen and oxygen atoms in total. The van der Waals surface area contributed by atoms with Gasteiger partial charge in [0.25, 0.3) is 0 Å². The van der Waals surface area contributed by atoms with Gasteiger partial charge in [-0.2, -0.15) is 5.11 Å². The van der Waals surface area contributed by atoms with E-state index >= 15 is 0 Å². The SMILES string of the molecule is C=CC(/N=N\NC)C(C)(C)C(C)C(C)CC. The second kappa shape index (κ2) is 6.66. The van der Waals surface area contributed by atoms with Gasteiger partial charge in [-0.1, -0.05) is 52.3 Å². The van der Waals surface area contributed by atoms with Crippen LogP contribution in [0.15, 0.2) is 23.0 Å². The third kappa shape index (κ3) is 3.62. The van der Waals surface area contributed by atoms with Gasteiger partial charge in [-0.25, -0.2) is 0 Å². The van der Waals surface area contributed by atoms with Crippen LogP contribution in [-0.4, -0.2) is 13.1 Å². The Bertz CT molecular complexity index is 233. The summed E-state index contributed by atoms with van der Waals surface area (Å²) in [5, 5.41) is 8.15. The van der Waals surface area contributed by atoms with E-state index in [0.29, 0.717) is 11.8 Å². The molecule has 0 aromatic carbocycles. The van der Waals surface area contributed by atoms with Crippen molar-refractivity contribution >= 4 is 0 Å². The Morgan fingerprint density at radius 2 is 1.94 bits per heavy atom. The van der Waals surface area contributed by atoms with E-state index in [1.54, 1.807) is 7.05 Å². The molecule has 0 saturated heterocycles. The number of nitrogens with zero attached hydrogens (tertiary/aromatic N) is 2. The maximum atomic E-state index is 4.27. The molecular formula is C13H27N3. The van der Waals surface area contributed by atoms with Crippen molar-refractivity contribution in [1.29, 1.82) is 0 Å². The second-order valence-electron chi connectivity index (χ2n) is 5.12. The predicted molar refractivity (Wildman–Crippen MR) is 70.3 cm³/mol. The third-order valence-electron chi connectivity index (χ3n) is 3.94. The number of nitrogens with one attached hydrogen (secondary N) is 1. The molecule has 0 aromatic heterocycles. The Morgan fingerprint density at radius 1 is 1.38 bits per heavy atom. The summed E-state index contributed by atoms with van der Waals surface area (Å²) in [6, 6.07) is 0.0592. The fourth-order valence-electron chi connectivity index (χ4n) is 1.98. The topological polar surface area (TPSA) is 36.8 Å². The highest BCUT2D eigenvalue weighted by atomic mass is 15.4. The minimum absolute atomic E-state index is 0.0592. The summed E-state index contributed by atoms with van der Waals surface area (Å²) in [6.07, 6.45) is 3.08. The van der Waals surface area contributed by atoms with Gasteiger partial charge in [-0.3, -0.25) is 5.43 Å². The summed E-state index contributed by atoms with van der Waals surface area (Å²) in [4.78, 5) is 0. The predicted octanol–water partition coefficient (Wildman–Crippen LogP) is 3.84. The normalized spacial score (nSPS) is 18.1. The summed E-state index contributed by atoms with van der Waals surface area (Å²) >= 11 is 0. The summed E-state index contributed by atoms with van der Waals surface area (Å²) < 4.78 is 0. The molecular weight excluding hydrogens is 198 g/mol. The van der Waals surface area contributed by atoms with Crippen molar-refractivity contribution in [2.24, 2.45) is 27.6 Å². The third-order valence-corrected chi connectivity index (χ3v) is 3.94. The van der Waals surface area contributed by atoms with Gasteiger partial charge in [0.05, 0.1) is 6.04 Å². The quantitative estimate of drug-likeness (QED) is 0.399. The van der Waals surface area contributed by atoms with Gasteiger partial charge in [0.2, 0.25) is 0 Å². The number of hydrogen-bond acceptors (Lipinski definition) is 2. The van der Waals surface area contributed by atoms with Crippen LogP contribution in [-0.2, 0) is 0 Å². The lowest BCUT2D eigenvalue weighted by Crippen LogP contribution is -2.36. The van der Waals surface area contributed by atoms with E-state index in [2.05, 4.69) is 57.0 Å². The fraction of sp³-hybridized carbons (Fsp3) is 0.846. The van der Waals surface area contributed by atoms with Gasteiger partial charge in [0.15, 0.2) is 0 Å². The van der Waals surface area contributed by atoms with E-state index in [-0.39, 0.29) is 11.5 Å². The lowest BCUT2D eigenvalue weighted by Gasteiger charge is -2.38. The van der Waals surface area contributed by atoms with Crippen LogP contribution in [0.2, 0.25) is 0 Å². The molecule has 0 radical (unpaired) electrons. The van der Waals surface area contributed by atoms with Crippen molar-refractivity contribution in [2.75, 3.05) is 7.05 Å². The van der Waals surface area contributed by atoms with E-state index in [4.69, 9.17) is 0 Å². The van der Waals surface area contributed by atoms with Crippen LogP contribution < -0.4 is 5.43 Å². The molecule has 0 aliphatic rings. The van der Waals surface area contributed by atoms with E-state index in [1.165, 1.54) is 6.42 Å². The second-order valence-corrected chi connectivity index (χ2v) is 5.12. The van der Waals surface area contributed by atoms with Gasteiger partial charge >= 0.3 is 0 Å². The van der Waals surface area contributed by atoms with Crippen molar-refractivity contribution in [3.05, 3.63) is 12.7 Å². The highest BCUT2D eigenvalue weighted by Gasteiger charge is 2.35. The van der Waals surface area contributed by atoms with Crippen LogP contribution in [0.5, 0.6) is 0 Å². The summed E-state index contributed by atoms with van der Waals surface area (Å²) in [5.41, 5.74) is 2.78. The average molecular weight is 225 g/mol. The van der Waals surface area contributed by atoms with E-state index in [9.17, 15) is 0 Å². The molecule has 0 heterocycles. The Morgan fingerprint density at radius 3 is 2.31 bits per heavy atom. The van der Waals surface area contributed by atoms with Gasteiger partial charge in [0, 0.05) is 7.05 Å². The van der Waals surface area contributed by atoms with Gasteiger partial charge in [-0.05, 0) is 17.3 Å². The maximum Gasteiger partial charge on any atom is 0.0960 e. The summed E-state index contributed by atoms with van der Waals surface area (Å²) in [5.74, 6) is 1.26. The Balaban J connectivity index is 4.83. The number of hydrogen-bond donors (Lipinski definition) is 1. The van der Waals surface area contributed by atoms with Gasteiger partial charge in [0.1, 0.15) is 0 Å². The van der Waals surface area contributed by atoms with Crippen LogP contribution >= 0.6 is 0 Å². The van der Waals surface area contributed by atoms with Crippen molar-refractivity contribution in [2.45, 2.75) is 47.1 Å². The standard InChI is InChI=1S/C13H27N3/c1-8-10(3)11(4)13(5,6)12(9-2)15-16-14-7/h9-12H,2,8H2,1,3-7H3,(H,14,15). The molecule has 0 saturated carbocycles. The lowest BCUT2D eigenvalue weighted by molar-refractivity contribution is 0.142. The molecule has 0 fully saturated rings. The molecule has 0 bridgehead atoms. The van der Waals surface area contributed by atoms with Crippen LogP contribution in [0.1, 0.15) is 41.0 Å². The molecule has 94 valence electrons. The Kier molecular flexibility index (Phi) is 6.31. The monoisotopic (exact) mass is 225 g/mol. The summed E-state index contributed by atoms with van der Waals surface area (Å²) in [6.45, 7) is 15.2. The molecule has 0 aliphatic carbocycles. The van der Waals surface area contributed by atoms with Crippen molar-refractivity contribution < 1.29 is 0 Å². The highest BCUT2D eigenvalue weighted by Crippen LogP contribution is 2.38. The van der Waals surface area contributed by atoms with Crippen molar-refractivity contribution in [3.8, 4) is 0 Å². The van der Waals surface area contributed by atoms with Crippen molar-refractivity contribution in [3.63, 3.8) is 0 Å². The molecule has 3 heteroatoms. The zero-order valence-electron chi connectivity index (χ0n) is 11.6. The smallest absolute Gasteiger partial charge is 0.0960 e. The molecule has 1 N–H and O–H groups in total. The molecule has 0 spiro atoms. The van der Waals surface area contributed by atoms with Crippen LogP contribution in [0.4, 0.5) is 0 Å². The molecule has 0 amide bonds. The van der Waals surface area contributed by atoms with E-state index in [0.717, 1.165) is 0 Å². The Labute approximate surface area is 100 Å². The van der Waals surface area contributed by atoms with Crippen LogP contribution in [0.25, 0.3) is 0 Å². The first kappa shape index (κ1) is 15.1. The zero-order valence-corrected chi connectivity index (χ0v) is 11.6. The maximum absolute atomic E-state index is 4.27. The number of rotatable bonds is 7. The van der Waals surface area contributed by atoms with E-state index < -0.39 is 0 Å². The van der Waals surface area contributed by atoms with E-state index in [1.807, 2.05) is 6.08 Å². The first-order valence-electron chi connectivity index (χ1n) is 6.10.